The third kappa shape index (κ3) is 8.29. The van der Waals surface area contributed by atoms with Gasteiger partial charge in [0.15, 0.2) is 0 Å². The Kier molecular flexibility index (Phi) is 10.6. The zero-order valence-corrected chi connectivity index (χ0v) is 24.4. The van der Waals surface area contributed by atoms with Crippen molar-refractivity contribution in [1.29, 1.82) is 0 Å². The van der Waals surface area contributed by atoms with Crippen molar-refractivity contribution in [3.63, 3.8) is 0 Å². The van der Waals surface area contributed by atoms with Crippen LogP contribution in [0.3, 0.4) is 0 Å². The number of benzene rings is 3. The third-order valence-corrected chi connectivity index (χ3v) is 8.41. The molecule has 0 aliphatic carbocycles. The topological polar surface area (TPSA) is 85.4 Å². The maximum absolute atomic E-state index is 13.4. The Bertz CT molecular complexity index is 1410. The fourth-order valence-electron chi connectivity index (χ4n) is 5.17. The molecule has 0 bridgehead atoms. The van der Waals surface area contributed by atoms with E-state index in [1.54, 1.807) is 6.07 Å². The first-order valence-electron chi connectivity index (χ1n) is 14.2. The van der Waals surface area contributed by atoms with Crippen LogP contribution in [0.5, 0.6) is 5.75 Å². The number of aromatic hydroxyl groups is 1. The van der Waals surface area contributed by atoms with Gasteiger partial charge in [-0.1, -0.05) is 98.3 Å². The number of nitrogens with zero attached hydrogens (tertiary/aromatic N) is 1. The summed E-state index contributed by atoms with van der Waals surface area (Å²) < 4.78 is 0.839. The Morgan fingerprint density at radius 1 is 0.925 bits per heavy atom. The summed E-state index contributed by atoms with van der Waals surface area (Å²) in [6.45, 7) is 7.34. The van der Waals surface area contributed by atoms with E-state index in [0.717, 1.165) is 66.8 Å². The zero-order chi connectivity index (χ0) is 28.4. The Morgan fingerprint density at radius 3 is 2.40 bits per heavy atom. The van der Waals surface area contributed by atoms with E-state index >= 15 is 0 Å². The van der Waals surface area contributed by atoms with E-state index in [4.69, 9.17) is 0 Å². The Balaban J connectivity index is 1.30. The van der Waals surface area contributed by atoms with E-state index in [1.165, 1.54) is 11.1 Å². The van der Waals surface area contributed by atoms with Gasteiger partial charge in [0.25, 0.3) is 0 Å². The van der Waals surface area contributed by atoms with E-state index in [9.17, 15) is 14.7 Å². The smallest absolute Gasteiger partial charge is 0.305 e. The number of aromatic amines is 1. The van der Waals surface area contributed by atoms with Crippen molar-refractivity contribution in [2.45, 2.75) is 57.8 Å². The largest absolute Gasteiger partial charge is 0.506 e. The first-order valence-corrected chi connectivity index (χ1v) is 15.1. The normalized spacial score (nSPS) is 11.7. The monoisotopic (exact) mass is 559 g/mol. The fraction of sp³-hybridized carbons (Fsp3) is 0.394. The molecule has 7 heteroatoms. The van der Waals surface area contributed by atoms with Crippen LogP contribution in [0.15, 0.2) is 77.6 Å². The van der Waals surface area contributed by atoms with Crippen molar-refractivity contribution < 1.29 is 9.90 Å². The molecule has 0 unspecified atom stereocenters. The minimum atomic E-state index is -0.152. The predicted octanol–water partition coefficient (Wildman–Crippen LogP) is 6.04. The number of aryl methyl sites for hydroxylation is 1. The molecule has 0 fully saturated rings. The SMILES string of the molecule is CC(C)(CN(CCCCCc1ccc(O)c2[nH]c(=O)sc12)C(=O)CCNCCc1ccccc1)c1ccccc1. The number of carbonyl (C=O) groups is 1. The van der Waals surface area contributed by atoms with Gasteiger partial charge in [-0.05, 0) is 55.0 Å². The number of nitrogens with one attached hydrogen (secondary N) is 2. The summed E-state index contributed by atoms with van der Waals surface area (Å²) >= 11 is 1.15. The minimum absolute atomic E-state index is 0.113. The summed E-state index contributed by atoms with van der Waals surface area (Å²) in [4.78, 5) is 29.8. The molecule has 0 saturated heterocycles. The Labute approximate surface area is 241 Å². The number of aromatic nitrogens is 1. The van der Waals surface area contributed by atoms with Crippen molar-refractivity contribution >= 4 is 27.5 Å². The second-order valence-electron chi connectivity index (χ2n) is 11.1. The van der Waals surface area contributed by atoms with Gasteiger partial charge >= 0.3 is 4.87 Å². The van der Waals surface area contributed by atoms with Gasteiger partial charge in [-0.3, -0.25) is 9.59 Å². The maximum Gasteiger partial charge on any atom is 0.305 e. The van der Waals surface area contributed by atoms with Crippen LogP contribution in [0.25, 0.3) is 10.2 Å². The number of fused-ring (bicyclic) bond motifs is 1. The van der Waals surface area contributed by atoms with Gasteiger partial charge in [-0.25, -0.2) is 0 Å². The highest BCUT2D eigenvalue weighted by atomic mass is 32.1. The summed E-state index contributed by atoms with van der Waals surface area (Å²) in [6, 6.07) is 24.4. The molecule has 0 radical (unpaired) electrons. The van der Waals surface area contributed by atoms with Crippen molar-refractivity contribution in [1.82, 2.24) is 15.2 Å². The third-order valence-electron chi connectivity index (χ3n) is 7.46. The Morgan fingerprint density at radius 2 is 1.65 bits per heavy atom. The summed E-state index contributed by atoms with van der Waals surface area (Å²) in [7, 11) is 0. The van der Waals surface area contributed by atoms with Gasteiger partial charge in [0.05, 0.1) is 4.70 Å². The number of phenolic OH excluding ortho intramolecular Hbond substituents is 1. The van der Waals surface area contributed by atoms with Crippen LogP contribution in [-0.2, 0) is 23.1 Å². The van der Waals surface area contributed by atoms with E-state index in [1.807, 2.05) is 23.1 Å². The highest BCUT2D eigenvalue weighted by molar-refractivity contribution is 7.16. The van der Waals surface area contributed by atoms with E-state index in [2.05, 4.69) is 72.7 Å². The molecule has 0 atom stereocenters. The average Bonchev–Trinajstić information content (AvgIpc) is 3.36. The van der Waals surface area contributed by atoms with Crippen molar-refractivity contribution in [3.05, 3.63) is 99.2 Å². The number of rotatable bonds is 15. The molecule has 1 heterocycles. The lowest BCUT2D eigenvalue weighted by Gasteiger charge is -2.33. The fourth-order valence-corrected chi connectivity index (χ4v) is 6.07. The molecule has 0 aliphatic heterocycles. The number of thiazole rings is 1. The molecule has 3 aromatic carbocycles. The molecule has 40 heavy (non-hydrogen) atoms. The lowest BCUT2D eigenvalue weighted by atomic mass is 9.84. The van der Waals surface area contributed by atoms with E-state index < -0.39 is 0 Å². The van der Waals surface area contributed by atoms with Gasteiger partial charge in [-0.2, -0.15) is 0 Å². The first-order chi connectivity index (χ1) is 19.3. The highest BCUT2D eigenvalue weighted by Gasteiger charge is 2.26. The maximum atomic E-state index is 13.4. The number of unbranched alkanes of at least 4 members (excludes halogenated alkanes) is 2. The lowest BCUT2D eigenvalue weighted by molar-refractivity contribution is -0.132. The summed E-state index contributed by atoms with van der Waals surface area (Å²) in [5.41, 5.74) is 3.99. The molecule has 1 aromatic heterocycles. The summed E-state index contributed by atoms with van der Waals surface area (Å²) in [5.74, 6) is 0.301. The van der Waals surface area contributed by atoms with Gasteiger partial charge < -0.3 is 20.3 Å². The number of hydrogen-bond acceptors (Lipinski definition) is 5. The molecule has 0 aliphatic rings. The second kappa shape index (κ2) is 14.3. The predicted molar refractivity (Wildman–Crippen MR) is 165 cm³/mol. The molecular formula is C33H41N3O3S. The number of phenols is 1. The number of carbonyl (C=O) groups excluding carboxylic acids is 1. The van der Waals surface area contributed by atoms with Crippen molar-refractivity contribution in [2.75, 3.05) is 26.2 Å². The molecule has 6 nitrogen and oxygen atoms in total. The number of hydrogen-bond donors (Lipinski definition) is 3. The van der Waals surface area contributed by atoms with Crippen LogP contribution in [-0.4, -0.2) is 47.1 Å². The molecule has 0 saturated carbocycles. The average molecular weight is 560 g/mol. The molecule has 3 N–H and O–H groups in total. The molecule has 1 amide bonds. The quantitative estimate of drug-likeness (QED) is 0.155. The number of amides is 1. The van der Waals surface area contributed by atoms with Crippen LogP contribution >= 0.6 is 11.3 Å². The van der Waals surface area contributed by atoms with Crippen LogP contribution < -0.4 is 10.2 Å². The van der Waals surface area contributed by atoms with Crippen LogP contribution in [0.1, 0.15) is 56.2 Å². The van der Waals surface area contributed by atoms with Gasteiger partial charge in [0.1, 0.15) is 11.3 Å². The minimum Gasteiger partial charge on any atom is -0.506 e. The summed E-state index contributed by atoms with van der Waals surface area (Å²) in [6.07, 6.45) is 5.12. The molecular weight excluding hydrogens is 518 g/mol. The van der Waals surface area contributed by atoms with Crippen LogP contribution in [0.4, 0.5) is 0 Å². The highest BCUT2D eigenvalue weighted by Crippen LogP contribution is 2.29. The van der Waals surface area contributed by atoms with Crippen molar-refractivity contribution in [2.24, 2.45) is 0 Å². The van der Waals surface area contributed by atoms with E-state index in [0.29, 0.717) is 25.0 Å². The van der Waals surface area contributed by atoms with E-state index in [-0.39, 0.29) is 21.9 Å². The first kappa shape index (κ1) is 29.6. The molecule has 4 rings (SSSR count). The van der Waals surface area contributed by atoms with Crippen LogP contribution in [0.2, 0.25) is 0 Å². The van der Waals surface area contributed by atoms with Gasteiger partial charge in [0.2, 0.25) is 5.91 Å². The van der Waals surface area contributed by atoms with Crippen molar-refractivity contribution in [3.8, 4) is 5.75 Å². The zero-order valence-electron chi connectivity index (χ0n) is 23.6. The van der Waals surface area contributed by atoms with Gasteiger partial charge in [0, 0.05) is 31.5 Å². The Hall–Kier alpha value is -3.42. The molecule has 0 spiro atoms. The second-order valence-corrected chi connectivity index (χ2v) is 12.1. The van der Waals surface area contributed by atoms with Gasteiger partial charge in [-0.15, -0.1) is 0 Å². The lowest BCUT2D eigenvalue weighted by Crippen LogP contribution is -2.42. The van der Waals surface area contributed by atoms with Crippen LogP contribution in [0, 0.1) is 0 Å². The number of H-pyrrole nitrogens is 1. The summed E-state index contributed by atoms with van der Waals surface area (Å²) in [5, 5.41) is 13.5. The molecule has 212 valence electrons. The standard InChI is InChI=1S/C33H41N3O3S/c1-33(2,27-15-9-4-10-16-27)24-36(29(38)20-22-34-21-19-25-12-6-3-7-13-25)23-11-5-8-14-26-17-18-28(37)30-31(26)40-32(39)35-30/h3-4,6-7,9-10,12-13,15-18,34,37H,5,8,11,14,19-24H2,1-2H3,(H,35,39). The molecule has 4 aromatic rings.